The van der Waals surface area contributed by atoms with E-state index in [1.54, 1.807) is 6.92 Å². The van der Waals surface area contributed by atoms with E-state index >= 15 is 0 Å². The molecule has 1 aliphatic heterocycles. The van der Waals surface area contributed by atoms with E-state index in [4.69, 9.17) is 29.1 Å². The first-order chi connectivity index (χ1) is 10.0. The molecule has 0 unspecified atom stereocenters. The summed E-state index contributed by atoms with van der Waals surface area (Å²) in [4.78, 5) is 47.8. The van der Waals surface area contributed by atoms with E-state index in [0.717, 1.165) is 0 Å². The Kier molecular flexibility index (Phi) is 9.10. The minimum atomic E-state index is -4.89. The van der Waals surface area contributed by atoms with E-state index in [2.05, 4.69) is 4.98 Å². The molecule has 2 heterocycles. The van der Waals surface area contributed by atoms with Crippen LogP contribution in [0.5, 0.6) is 0 Å². The third-order valence-electron chi connectivity index (χ3n) is 2.84. The number of H-pyrrole nitrogens is 1. The van der Waals surface area contributed by atoms with Gasteiger partial charge >= 0.3 is 35.2 Å². The van der Waals surface area contributed by atoms with Crippen LogP contribution >= 0.6 is 7.82 Å². The van der Waals surface area contributed by atoms with E-state index in [-0.39, 0.29) is 42.6 Å². The van der Waals surface area contributed by atoms with Crippen molar-refractivity contribution < 1.29 is 63.8 Å². The van der Waals surface area contributed by atoms with E-state index in [1.165, 1.54) is 10.8 Å². The molecule has 0 radical (unpaired) electrons. The zero-order valence-electron chi connectivity index (χ0n) is 12.4. The Morgan fingerprint density at radius 2 is 2.00 bits per heavy atom. The van der Waals surface area contributed by atoms with Crippen molar-refractivity contribution in [2.45, 2.75) is 31.8 Å². The summed E-state index contributed by atoms with van der Waals surface area (Å²) in [5.74, 6) is 0. The molecule has 5 N–H and O–H groups in total. The number of hydrogen-bond acceptors (Lipinski definition) is 7. The maximum Gasteiger partial charge on any atom is 1.00 e. The smallest absolute Gasteiger partial charge is 0.756 e. The first kappa shape index (κ1) is 22.7. The number of aromatic amines is 1. The Morgan fingerprint density at radius 3 is 2.43 bits per heavy atom. The van der Waals surface area contributed by atoms with Crippen LogP contribution < -0.4 is 45.7 Å². The van der Waals surface area contributed by atoms with Crippen LogP contribution in [0.15, 0.2) is 15.8 Å². The van der Waals surface area contributed by atoms with Crippen molar-refractivity contribution in [1.82, 2.24) is 9.55 Å². The topological polar surface area (TPSA) is 185 Å². The number of ether oxygens (including phenoxy) is 1. The molecule has 3 atom stereocenters. The summed E-state index contributed by atoms with van der Waals surface area (Å²) >= 11 is 0. The number of aliphatic hydroxyl groups excluding tert-OH is 2. The summed E-state index contributed by atoms with van der Waals surface area (Å²) in [5.41, 5.74) is -0.643. The van der Waals surface area contributed by atoms with Crippen LogP contribution in [0.25, 0.3) is 0 Å². The minimum absolute atomic E-state index is 0. The fraction of sp³-hybridized carbons (Fsp3) is 0.600. The van der Waals surface area contributed by atoms with Gasteiger partial charge in [0, 0.05) is 18.2 Å². The summed E-state index contributed by atoms with van der Waals surface area (Å²) < 4.78 is 15.3. The average Bonchev–Trinajstić information content (AvgIpc) is 2.73. The second-order valence-corrected chi connectivity index (χ2v) is 5.57. The summed E-state index contributed by atoms with van der Waals surface area (Å²) in [5, 5.41) is 18.5. The molecule has 0 aromatic carbocycles. The molecule has 0 aliphatic carbocycles. The van der Waals surface area contributed by atoms with Crippen molar-refractivity contribution in [3.8, 4) is 0 Å². The Labute approximate surface area is 152 Å². The van der Waals surface area contributed by atoms with Gasteiger partial charge in [0.15, 0.2) is 0 Å². The van der Waals surface area contributed by atoms with Crippen molar-refractivity contribution >= 4 is 7.82 Å². The van der Waals surface area contributed by atoms with Crippen molar-refractivity contribution in [1.29, 1.82) is 0 Å². The van der Waals surface area contributed by atoms with Crippen molar-refractivity contribution in [3.63, 3.8) is 0 Å². The number of aromatic nitrogens is 2. The van der Waals surface area contributed by atoms with Gasteiger partial charge < -0.3 is 29.6 Å². The van der Waals surface area contributed by atoms with Crippen molar-refractivity contribution in [2.24, 2.45) is 0 Å². The molecule has 1 fully saturated rings. The molecule has 1 aliphatic rings. The van der Waals surface area contributed by atoms with Gasteiger partial charge in [-0.1, -0.05) is 0 Å². The molecule has 1 aromatic heterocycles. The Bertz CT molecular complexity index is 661. The van der Waals surface area contributed by atoms with Gasteiger partial charge in [0.25, 0.3) is 13.4 Å². The van der Waals surface area contributed by atoms with E-state index in [1.807, 2.05) is 0 Å². The van der Waals surface area contributed by atoms with Gasteiger partial charge in [-0.25, -0.2) is 4.79 Å². The first-order valence-electron chi connectivity index (χ1n) is 6.06. The Balaban J connectivity index is 0.000000709. The van der Waals surface area contributed by atoms with Gasteiger partial charge in [0.1, 0.15) is 12.3 Å². The monoisotopic (exact) mass is 362 g/mol. The number of rotatable bonds is 2. The number of aryl methyl sites for hydroxylation is 1. The number of nitrogens with one attached hydrogen (secondary N) is 1. The molecule has 0 spiro atoms. The number of nitrogens with zero attached hydrogens (tertiary/aromatic N) is 1. The molecule has 23 heavy (non-hydrogen) atoms. The summed E-state index contributed by atoms with van der Waals surface area (Å²) in [6.07, 6.45) is -0.581. The molecule has 2 rings (SSSR count). The normalized spacial score (nSPS) is 23.7. The molecular formula is C10H16N2NaO9P. The summed E-state index contributed by atoms with van der Waals surface area (Å²) in [7, 11) is -4.89. The van der Waals surface area contributed by atoms with E-state index in [9.17, 15) is 14.7 Å². The minimum Gasteiger partial charge on any atom is -0.756 e. The van der Waals surface area contributed by atoms with Crippen LogP contribution in [0.4, 0.5) is 0 Å². The summed E-state index contributed by atoms with van der Waals surface area (Å²) in [6.45, 7) is 1.26. The fourth-order valence-electron chi connectivity index (χ4n) is 1.85. The van der Waals surface area contributed by atoms with Crippen LogP contribution in [-0.4, -0.2) is 48.4 Å². The molecule has 11 nitrogen and oxygen atoms in total. The predicted molar refractivity (Wildman–Crippen MR) is 69.7 cm³/mol. The molecule has 13 heteroatoms. The van der Waals surface area contributed by atoms with Crippen LogP contribution in [0, 0.1) is 6.92 Å². The van der Waals surface area contributed by atoms with Crippen molar-refractivity contribution in [2.75, 3.05) is 6.61 Å². The number of aliphatic hydroxyl groups is 2. The molecule has 0 bridgehead atoms. The van der Waals surface area contributed by atoms with Gasteiger partial charge in [-0.15, -0.1) is 0 Å². The van der Waals surface area contributed by atoms with Gasteiger partial charge in [-0.3, -0.25) is 18.9 Å². The SMILES string of the molecule is Cc1cn([C@H]2C[C@H](O)[C@@H](CO)O2)c(=O)[nH]c1=O.O=P([O-])(O)O.[Na+]. The first-order valence-corrected chi connectivity index (χ1v) is 7.59. The third kappa shape index (κ3) is 7.40. The van der Waals surface area contributed by atoms with E-state index in [0.29, 0.717) is 5.56 Å². The molecule has 1 saturated heterocycles. The average molecular weight is 362 g/mol. The van der Waals surface area contributed by atoms with Crippen LogP contribution in [-0.2, 0) is 9.30 Å². The predicted octanol–water partition coefficient (Wildman–Crippen LogP) is -6.07. The van der Waals surface area contributed by atoms with Crippen LogP contribution in [0.3, 0.4) is 0 Å². The molecule has 1 aromatic rings. The largest absolute Gasteiger partial charge is 1.00 e. The van der Waals surface area contributed by atoms with Crippen LogP contribution in [0.1, 0.15) is 18.2 Å². The molecule has 0 amide bonds. The number of phosphoric acid groups is 1. The second-order valence-electron chi connectivity index (χ2n) is 4.58. The quantitative estimate of drug-likeness (QED) is 0.252. The third-order valence-corrected chi connectivity index (χ3v) is 2.84. The molecule has 126 valence electrons. The maximum absolute atomic E-state index is 11.6. The number of hydrogen-bond donors (Lipinski definition) is 5. The van der Waals surface area contributed by atoms with Crippen LogP contribution in [0.2, 0.25) is 0 Å². The van der Waals surface area contributed by atoms with E-state index < -0.39 is 37.5 Å². The van der Waals surface area contributed by atoms with Gasteiger partial charge in [-0.2, -0.15) is 0 Å². The zero-order valence-corrected chi connectivity index (χ0v) is 15.3. The molecule has 0 saturated carbocycles. The van der Waals surface area contributed by atoms with Gasteiger partial charge in [0.05, 0.1) is 12.7 Å². The standard InChI is InChI=1S/C10H14N2O5.Na.H3O4P/c1-5-3-12(10(16)11-9(5)15)8-2-6(14)7(4-13)17-8;;1-5(2,3)4/h3,6-8,13-14H,2,4H2,1H3,(H,11,15,16);;(H3,1,2,3,4)/q;+1;/p-1/t6-,7+,8+;;/m0../s1. The van der Waals surface area contributed by atoms with Gasteiger partial charge in [-0.05, 0) is 6.92 Å². The zero-order chi connectivity index (χ0) is 17.1. The van der Waals surface area contributed by atoms with Crippen molar-refractivity contribution in [3.05, 3.63) is 32.6 Å². The second kappa shape index (κ2) is 9.23. The Morgan fingerprint density at radius 1 is 1.48 bits per heavy atom. The molecular weight excluding hydrogens is 346 g/mol. The fourth-order valence-corrected chi connectivity index (χ4v) is 1.85. The Hall–Kier alpha value is -0.330. The van der Waals surface area contributed by atoms with Gasteiger partial charge in [0.2, 0.25) is 0 Å². The summed E-state index contributed by atoms with van der Waals surface area (Å²) in [6, 6.07) is 0. The maximum atomic E-state index is 11.6.